The maximum atomic E-state index is 13.3. The lowest BCUT2D eigenvalue weighted by molar-refractivity contribution is -0.387. The first-order valence-corrected chi connectivity index (χ1v) is 5.67. The molecule has 0 aliphatic carbocycles. The van der Waals surface area contributed by atoms with E-state index in [2.05, 4.69) is 20.1 Å². The molecule has 8 nitrogen and oxygen atoms in total. The molecule has 0 atom stereocenters. The highest BCUT2D eigenvalue weighted by Gasteiger charge is 2.20. The number of carbonyl (C=O) groups excluding carboxylic acids is 1. The van der Waals surface area contributed by atoms with Crippen LogP contribution >= 0.6 is 11.5 Å². The normalized spacial score (nSPS) is 10.2. The number of carbonyl (C=O) groups is 1. The van der Waals surface area contributed by atoms with E-state index >= 15 is 0 Å². The number of rotatable bonds is 3. The maximum absolute atomic E-state index is 13.3. The molecule has 0 fully saturated rings. The summed E-state index contributed by atoms with van der Waals surface area (Å²) in [5.74, 6) is -1.63. The van der Waals surface area contributed by atoms with Crippen LogP contribution in [0.3, 0.4) is 0 Å². The fourth-order valence-corrected chi connectivity index (χ4v) is 1.75. The van der Waals surface area contributed by atoms with Gasteiger partial charge in [-0.3, -0.25) is 20.2 Å². The summed E-state index contributed by atoms with van der Waals surface area (Å²) in [7, 11) is 0. The van der Waals surface area contributed by atoms with Crippen LogP contribution in [0.25, 0.3) is 0 Å². The van der Waals surface area contributed by atoms with Gasteiger partial charge in [0.15, 0.2) is 0 Å². The molecule has 1 aromatic carbocycles. The Morgan fingerprint density at radius 1 is 1.53 bits per heavy atom. The van der Waals surface area contributed by atoms with E-state index in [1.807, 2.05) is 0 Å². The molecule has 1 N–H and O–H groups in total. The van der Waals surface area contributed by atoms with Gasteiger partial charge in [0, 0.05) is 23.2 Å². The lowest BCUT2D eigenvalue weighted by Gasteiger charge is -2.05. The van der Waals surface area contributed by atoms with E-state index in [1.54, 1.807) is 0 Å². The van der Waals surface area contributed by atoms with Crippen LogP contribution in [0.15, 0.2) is 12.1 Å². The van der Waals surface area contributed by atoms with Crippen LogP contribution in [-0.2, 0) is 0 Å². The quantitative estimate of drug-likeness (QED) is 0.675. The zero-order valence-electron chi connectivity index (χ0n) is 9.45. The topological polar surface area (TPSA) is 111 Å². The van der Waals surface area contributed by atoms with E-state index in [0.29, 0.717) is 0 Å². The van der Waals surface area contributed by atoms with Crippen molar-refractivity contribution in [2.45, 2.75) is 6.92 Å². The van der Waals surface area contributed by atoms with E-state index in [0.717, 1.165) is 23.7 Å². The molecule has 98 valence electrons. The summed E-state index contributed by atoms with van der Waals surface area (Å²) in [5, 5.41) is 19.9. The predicted octanol–water partition coefficient (Wildman–Crippen LogP) is 1.54. The van der Waals surface area contributed by atoms with Gasteiger partial charge in [-0.2, -0.15) is 4.39 Å². The molecule has 0 saturated carbocycles. The van der Waals surface area contributed by atoms with Crippen molar-refractivity contribution in [1.82, 2.24) is 14.8 Å². The minimum Gasteiger partial charge on any atom is -0.295 e. The molecule has 0 saturated heterocycles. The third-order valence-corrected chi connectivity index (χ3v) is 2.77. The molecule has 1 heterocycles. The van der Waals surface area contributed by atoms with Crippen molar-refractivity contribution in [2.24, 2.45) is 0 Å². The zero-order valence-corrected chi connectivity index (χ0v) is 10.3. The minimum atomic E-state index is -0.989. The average molecular weight is 283 g/mol. The van der Waals surface area contributed by atoms with Crippen molar-refractivity contribution in [3.05, 3.63) is 39.2 Å². The Morgan fingerprint density at radius 2 is 2.26 bits per heavy atom. The van der Waals surface area contributed by atoms with E-state index in [-0.39, 0.29) is 16.3 Å². The van der Waals surface area contributed by atoms with Crippen molar-refractivity contribution in [1.29, 1.82) is 0 Å². The second-order valence-corrected chi connectivity index (χ2v) is 4.23. The highest BCUT2D eigenvalue weighted by molar-refractivity contribution is 7.09. The van der Waals surface area contributed by atoms with Crippen molar-refractivity contribution in [2.75, 3.05) is 5.32 Å². The number of nitro benzene ring substituents is 1. The van der Waals surface area contributed by atoms with E-state index in [4.69, 9.17) is 0 Å². The second-order valence-electron chi connectivity index (χ2n) is 3.50. The number of nitrogens with one attached hydrogen (secondary N) is 1. The minimum absolute atomic E-state index is 0.0108. The van der Waals surface area contributed by atoms with E-state index in [1.165, 1.54) is 6.92 Å². The Balaban J connectivity index is 2.36. The van der Waals surface area contributed by atoms with Gasteiger partial charge in [0.25, 0.3) is 5.91 Å². The molecule has 19 heavy (non-hydrogen) atoms. The lowest BCUT2D eigenvalue weighted by atomic mass is 10.1. The van der Waals surface area contributed by atoms with Gasteiger partial charge in [-0.15, -0.1) is 0 Å². The number of hydrogen-bond acceptors (Lipinski definition) is 7. The zero-order chi connectivity index (χ0) is 14.0. The number of anilines is 1. The van der Waals surface area contributed by atoms with Gasteiger partial charge >= 0.3 is 5.69 Å². The monoisotopic (exact) mass is 283 g/mol. The molecule has 1 aromatic heterocycles. The summed E-state index contributed by atoms with van der Waals surface area (Å²) in [6.45, 7) is 1.47. The van der Waals surface area contributed by atoms with Gasteiger partial charge in [-0.25, -0.2) is 0 Å². The van der Waals surface area contributed by atoms with Crippen LogP contribution in [0.5, 0.6) is 0 Å². The second kappa shape index (κ2) is 5.02. The number of halogens is 1. The molecule has 0 aliphatic rings. The lowest BCUT2D eigenvalue weighted by Crippen LogP contribution is -2.14. The summed E-state index contributed by atoms with van der Waals surface area (Å²) in [5.41, 5.74) is -0.493. The van der Waals surface area contributed by atoms with Gasteiger partial charge in [-0.1, -0.05) is 9.59 Å². The number of aryl methyl sites for hydroxylation is 1. The van der Waals surface area contributed by atoms with Gasteiger partial charge < -0.3 is 0 Å². The number of nitro groups is 1. The molecule has 0 unspecified atom stereocenters. The number of hydrogen-bond donors (Lipinski definition) is 1. The van der Waals surface area contributed by atoms with Crippen LogP contribution in [0.2, 0.25) is 0 Å². The summed E-state index contributed by atoms with van der Waals surface area (Å²) in [6.07, 6.45) is 0. The number of amides is 1. The van der Waals surface area contributed by atoms with Crippen molar-refractivity contribution < 1.29 is 14.1 Å². The first-order chi connectivity index (χ1) is 8.99. The first-order valence-electron chi connectivity index (χ1n) is 4.90. The van der Waals surface area contributed by atoms with Crippen molar-refractivity contribution in [3.8, 4) is 0 Å². The smallest absolute Gasteiger partial charge is 0.295 e. The molecule has 0 radical (unpaired) electrons. The SMILES string of the molecule is Cc1cc(F)c([N+](=O)[O-])cc1C(=O)Nc1nnns1. The van der Waals surface area contributed by atoms with Crippen LogP contribution in [0.1, 0.15) is 15.9 Å². The molecule has 0 aliphatic heterocycles. The Labute approximate surface area is 109 Å². The Kier molecular flexibility index (Phi) is 3.42. The van der Waals surface area contributed by atoms with Crippen molar-refractivity contribution >= 4 is 28.3 Å². The van der Waals surface area contributed by atoms with Crippen LogP contribution in [-0.4, -0.2) is 25.6 Å². The summed E-state index contributed by atoms with van der Waals surface area (Å²) in [4.78, 5) is 21.6. The fraction of sp³-hybridized carbons (Fsp3) is 0.111. The maximum Gasteiger partial charge on any atom is 0.305 e. The highest BCUT2D eigenvalue weighted by Crippen LogP contribution is 2.22. The largest absolute Gasteiger partial charge is 0.305 e. The van der Waals surface area contributed by atoms with Crippen LogP contribution < -0.4 is 5.32 Å². The molecule has 2 rings (SSSR count). The summed E-state index contributed by atoms with van der Waals surface area (Å²) >= 11 is 0.853. The predicted molar refractivity (Wildman–Crippen MR) is 63.4 cm³/mol. The van der Waals surface area contributed by atoms with E-state index in [9.17, 15) is 19.3 Å². The summed E-state index contributed by atoms with van der Waals surface area (Å²) in [6, 6.07) is 1.82. The Bertz CT molecular complexity index is 646. The standard InChI is InChI=1S/C9H6FN5O3S/c1-4-2-6(10)7(15(17)18)3-5(4)8(16)11-9-12-13-14-19-9/h2-3H,1H3,(H,11,12,14,16). The van der Waals surface area contributed by atoms with Gasteiger partial charge in [0.1, 0.15) is 0 Å². The average Bonchev–Trinajstić information content (AvgIpc) is 2.81. The molecule has 2 aromatic rings. The molecule has 0 spiro atoms. The number of nitrogens with zero attached hydrogens (tertiary/aromatic N) is 4. The molecule has 10 heteroatoms. The van der Waals surface area contributed by atoms with Gasteiger partial charge in [0.2, 0.25) is 10.9 Å². The molecule has 1 amide bonds. The third kappa shape index (κ3) is 2.68. The Hall–Kier alpha value is -2.49. The number of aromatic nitrogens is 3. The Morgan fingerprint density at radius 3 is 2.84 bits per heavy atom. The fourth-order valence-electron chi connectivity index (χ4n) is 1.39. The van der Waals surface area contributed by atoms with Crippen molar-refractivity contribution in [3.63, 3.8) is 0 Å². The van der Waals surface area contributed by atoms with Gasteiger partial charge in [-0.05, 0) is 23.8 Å². The molecule has 0 bridgehead atoms. The first kappa shape index (κ1) is 13.0. The van der Waals surface area contributed by atoms with Gasteiger partial charge in [0.05, 0.1) is 4.92 Å². The number of benzene rings is 1. The molecular weight excluding hydrogens is 277 g/mol. The summed E-state index contributed by atoms with van der Waals surface area (Å²) < 4.78 is 16.8. The van der Waals surface area contributed by atoms with Crippen LogP contribution in [0, 0.1) is 22.9 Å². The third-order valence-electron chi connectivity index (χ3n) is 2.25. The van der Waals surface area contributed by atoms with Crippen LogP contribution in [0.4, 0.5) is 15.2 Å². The van der Waals surface area contributed by atoms with E-state index < -0.39 is 22.3 Å². The molecular formula is C9H6FN5O3S. The highest BCUT2D eigenvalue weighted by atomic mass is 32.1.